The van der Waals surface area contributed by atoms with Crippen LogP contribution in [0.5, 0.6) is 0 Å². The molecule has 2 aromatic rings. The van der Waals surface area contributed by atoms with Crippen LogP contribution in [0.25, 0.3) is 0 Å². The average molecular weight is 625 g/mol. The van der Waals surface area contributed by atoms with Crippen LogP contribution in [0.3, 0.4) is 0 Å². The van der Waals surface area contributed by atoms with Gasteiger partial charge < -0.3 is 10.2 Å². The number of hydrogen-bond acceptors (Lipinski definition) is 4. The molecule has 0 spiro atoms. The standard InChI is InChI=1S/C26H33Cl4N3O4S/c1-5-17(3)31-26(35)23(6-2)32(16-19-20(28)9-7-10-21(19)29)25(34)11-8-14-33(38(4,36)37)24-15-18(27)12-13-22(24)30/h7,9-10,12-13,15,17,23H,5-6,8,11,14,16H2,1-4H3,(H,31,35)/t17-,23+/m0/s1. The first-order valence-electron chi connectivity index (χ1n) is 12.3. The van der Waals surface area contributed by atoms with Gasteiger partial charge in [0.15, 0.2) is 0 Å². The average Bonchev–Trinajstić information content (AvgIpc) is 2.84. The Kier molecular flexibility index (Phi) is 12.5. The minimum Gasteiger partial charge on any atom is -0.352 e. The van der Waals surface area contributed by atoms with Gasteiger partial charge in [-0.1, -0.05) is 66.3 Å². The van der Waals surface area contributed by atoms with E-state index < -0.39 is 16.1 Å². The summed E-state index contributed by atoms with van der Waals surface area (Å²) in [5.41, 5.74) is 0.760. The molecule has 38 heavy (non-hydrogen) atoms. The van der Waals surface area contributed by atoms with Gasteiger partial charge in [0.2, 0.25) is 21.8 Å². The Balaban J connectivity index is 2.32. The van der Waals surface area contributed by atoms with Crippen molar-refractivity contribution in [2.24, 2.45) is 0 Å². The third-order valence-electron chi connectivity index (χ3n) is 6.11. The Bertz CT molecular complexity index is 1220. The Labute approximate surface area is 245 Å². The fourth-order valence-electron chi connectivity index (χ4n) is 3.87. The van der Waals surface area contributed by atoms with Crippen LogP contribution < -0.4 is 9.62 Å². The van der Waals surface area contributed by atoms with Crippen molar-refractivity contribution in [1.82, 2.24) is 10.2 Å². The van der Waals surface area contributed by atoms with Gasteiger partial charge in [0.25, 0.3) is 0 Å². The zero-order valence-electron chi connectivity index (χ0n) is 21.8. The van der Waals surface area contributed by atoms with Crippen molar-refractivity contribution in [2.75, 3.05) is 17.1 Å². The summed E-state index contributed by atoms with van der Waals surface area (Å²) in [6, 6.07) is 8.75. The first-order valence-corrected chi connectivity index (χ1v) is 15.6. The predicted molar refractivity (Wildman–Crippen MR) is 157 cm³/mol. The number of rotatable bonds is 13. The molecule has 0 saturated carbocycles. The van der Waals surface area contributed by atoms with E-state index in [2.05, 4.69) is 5.32 Å². The zero-order valence-corrected chi connectivity index (χ0v) is 25.6. The van der Waals surface area contributed by atoms with Crippen LogP contribution in [0, 0.1) is 0 Å². The molecule has 2 amide bonds. The molecular weight excluding hydrogens is 592 g/mol. The number of benzene rings is 2. The maximum absolute atomic E-state index is 13.6. The molecule has 0 saturated heterocycles. The summed E-state index contributed by atoms with van der Waals surface area (Å²) in [5.74, 6) is -0.611. The summed E-state index contributed by atoms with van der Waals surface area (Å²) in [6.07, 6.45) is 2.30. The number of carbonyl (C=O) groups is 2. The first kappa shape index (κ1) is 32.5. The quantitative estimate of drug-likeness (QED) is 0.273. The molecule has 1 N–H and O–H groups in total. The summed E-state index contributed by atoms with van der Waals surface area (Å²) in [6.45, 7) is 5.68. The molecule has 210 valence electrons. The Hall–Kier alpha value is -1.71. The molecule has 2 atom stereocenters. The van der Waals surface area contributed by atoms with Crippen LogP contribution in [0.2, 0.25) is 20.1 Å². The van der Waals surface area contributed by atoms with Gasteiger partial charge in [-0.15, -0.1) is 0 Å². The van der Waals surface area contributed by atoms with Crippen LogP contribution in [-0.2, 0) is 26.2 Å². The van der Waals surface area contributed by atoms with Gasteiger partial charge in [0, 0.05) is 46.2 Å². The number of anilines is 1. The fourth-order valence-corrected chi connectivity index (χ4v) is 5.80. The van der Waals surface area contributed by atoms with Gasteiger partial charge in [-0.05, 0) is 56.5 Å². The molecule has 0 bridgehead atoms. The predicted octanol–water partition coefficient (Wildman–Crippen LogP) is 6.57. The summed E-state index contributed by atoms with van der Waals surface area (Å²) < 4.78 is 26.2. The highest BCUT2D eigenvalue weighted by Crippen LogP contribution is 2.31. The lowest BCUT2D eigenvalue weighted by molar-refractivity contribution is -0.141. The van der Waals surface area contributed by atoms with E-state index in [-0.39, 0.29) is 54.5 Å². The fraction of sp³-hybridized carbons (Fsp3) is 0.462. The van der Waals surface area contributed by atoms with Crippen LogP contribution in [0.15, 0.2) is 36.4 Å². The van der Waals surface area contributed by atoms with E-state index in [9.17, 15) is 18.0 Å². The van der Waals surface area contributed by atoms with Crippen molar-refractivity contribution in [3.05, 3.63) is 62.1 Å². The second kappa shape index (κ2) is 14.6. The molecule has 0 fully saturated rings. The zero-order chi connectivity index (χ0) is 28.6. The number of carbonyl (C=O) groups excluding carboxylic acids is 2. The Morgan fingerprint density at radius 1 is 0.974 bits per heavy atom. The third kappa shape index (κ3) is 8.91. The molecule has 2 rings (SSSR count). The minimum atomic E-state index is -3.72. The smallest absolute Gasteiger partial charge is 0.243 e. The van der Waals surface area contributed by atoms with E-state index >= 15 is 0 Å². The van der Waals surface area contributed by atoms with E-state index in [1.54, 1.807) is 24.3 Å². The van der Waals surface area contributed by atoms with Crippen LogP contribution in [-0.4, -0.2) is 50.0 Å². The third-order valence-corrected chi connectivity index (χ3v) is 8.55. The van der Waals surface area contributed by atoms with Crippen LogP contribution in [0.4, 0.5) is 5.69 Å². The Morgan fingerprint density at radius 2 is 1.61 bits per heavy atom. The molecule has 2 aromatic carbocycles. The van der Waals surface area contributed by atoms with Crippen molar-refractivity contribution >= 4 is 73.9 Å². The first-order chi connectivity index (χ1) is 17.8. The van der Waals surface area contributed by atoms with Crippen LogP contribution >= 0.6 is 46.4 Å². The van der Waals surface area contributed by atoms with E-state index in [1.807, 2.05) is 20.8 Å². The van der Waals surface area contributed by atoms with Gasteiger partial charge in [0.05, 0.1) is 17.0 Å². The van der Waals surface area contributed by atoms with Gasteiger partial charge in [-0.25, -0.2) is 8.42 Å². The molecule has 12 heteroatoms. The van der Waals surface area contributed by atoms with Gasteiger partial charge in [-0.3, -0.25) is 13.9 Å². The molecule has 0 aliphatic heterocycles. The van der Waals surface area contributed by atoms with Crippen molar-refractivity contribution in [1.29, 1.82) is 0 Å². The highest BCUT2D eigenvalue weighted by molar-refractivity contribution is 7.92. The van der Waals surface area contributed by atoms with E-state index in [4.69, 9.17) is 46.4 Å². The lowest BCUT2D eigenvalue weighted by Crippen LogP contribution is -2.50. The van der Waals surface area contributed by atoms with Crippen molar-refractivity contribution < 1.29 is 18.0 Å². The van der Waals surface area contributed by atoms with Crippen molar-refractivity contribution in [3.8, 4) is 0 Å². The largest absolute Gasteiger partial charge is 0.352 e. The molecule has 7 nitrogen and oxygen atoms in total. The maximum Gasteiger partial charge on any atom is 0.243 e. The van der Waals surface area contributed by atoms with Crippen molar-refractivity contribution in [2.45, 2.75) is 65.1 Å². The lowest BCUT2D eigenvalue weighted by atomic mass is 10.1. The van der Waals surface area contributed by atoms with Crippen molar-refractivity contribution in [3.63, 3.8) is 0 Å². The molecule has 0 radical (unpaired) electrons. The summed E-state index contributed by atoms with van der Waals surface area (Å²) >= 11 is 25.1. The molecular formula is C26H33Cl4N3O4S. The normalized spacial score (nSPS) is 13.1. The minimum absolute atomic E-state index is 0.0127. The van der Waals surface area contributed by atoms with E-state index in [1.165, 1.54) is 17.0 Å². The lowest BCUT2D eigenvalue weighted by Gasteiger charge is -2.32. The van der Waals surface area contributed by atoms with Crippen LogP contribution in [0.1, 0.15) is 52.0 Å². The second-order valence-electron chi connectivity index (χ2n) is 9.00. The van der Waals surface area contributed by atoms with Gasteiger partial charge in [-0.2, -0.15) is 0 Å². The number of sulfonamides is 1. The summed E-state index contributed by atoms with van der Waals surface area (Å²) in [4.78, 5) is 28.2. The highest BCUT2D eigenvalue weighted by Gasteiger charge is 2.30. The molecule has 0 unspecified atom stereocenters. The van der Waals surface area contributed by atoms with E-state index in [0.29, 0.717) is 27.1 Å². The number of amides is 2. The molecule has 0 aliphatic carbocycles. The topological polar surface area (TPSA) is 86.8 Å². The van der Waals surface area contributed by atoms with Gasteiger partial charge in [0.1, 0.15) is 6.04 Å². The summed E-state index contributed by atoms with van der Waals surface area (Å²) in [7, 11) is -3.72. The highest BCUT2D eigenvalue weighted by atomic mass is 35.5. The molecule has 0 aromatic heterocycles. The van der Waals surface area contributed by atoms with Gasteiger partial charge >= 0.3 is 0 Å². The molecule has 0 aliphatic rings. The SMILES string of the molecule is CC[C@H](C(=O)N[C@@H](C)CC)N(Cc1c(Cl)cccc1Cl)C(=O)CCCN(c1cc(Cl)ccc1Cl)S(C)(=O)=O. The van der Waals surface area contributed by atoms with E-state index in [0.717, 1.165) is 17.0 Å². The number of nitrogens with zero attached hydrogens (tertiary/aromatic N) is 2. The molecule has 0 heterocycles. The monoisotopic (exact) mass is 623 g/mol. The second-order valence-corrected chi connectivity index (χ2v) is 12.6. The number of hydrogen-bond donors (Lipinski definition) is 1. The number of halogens is 4. The maximum atomic E-state index is 13.6. The number of nitrogens with one attached hydrogen (secondary N) is 1. The Morgan fingerprint density at radius 3 is 2.16 bits per heavy atom. The summed E-state index contributed by atoms with van der Waals surface area (Å²) in [5, 5.41) is 4.25.